The zero-order valence-electron chi connectivity index (χ0n) is 13.4. The Kier molecular flexibility index (Phi) is 4.66. The third-order valence-electron chi connectivity index (χ3n) is 4.13. The molecule has 0 heterocycles. The van der Waals surface area contributed by atoms with Crippen LogP contribution in [-0.2, 0) is 0 Å². The van der Waals surface area contributed by atoms with Gasteiger partial charge in [0.2, 0.25) is 0 Å². The molecule has 2 aromatic rings. The Morgan fingerprint density at radius 2 is 1.57 bits per heavy atom. The van der Waals surface area contributed by atoms with E-state index in [1.165, 1.54) is 22.3 Å². The normalized spacial score (nSPS) is 12.3. The van der Waals surface area contributed by atoms with Gasteiger partial charge in [0.15, 0.2) is 0 Å². The zero-order chi connectivity index (χ0) is 15.6. The summed E-state index contributed by atoms with van der Waals surface area (Å²) in [4.78, 5) is 0. The number of hydrazine groups is 1. The summed E-state index contributed by atoms with van der Waals surface area (Å²) in [6.45, 7) is 8.42. The van der Waals surface area contributed by atoms with Crippen molar-refractivity contribution in [3.63, 3.8) is 0 Å². The summed E-state index contributed by atoms with van der Waals surface area (Å²) in [5, 5.41) is 0. The topological polar surface area (TPSA) is 47.3 Å². The van der Waals surface area contributed by atoms with Gasteiger partial charge >= 0.3 is 0 Å². The summed E-state index contributed by atoms with van der Waals surface area (Å²) in [7, 11) is 1.69. The smallest absolute Gasteiger partial charge is 0.122 e. The monoisotopic (exact) mass is 284 g/mol. The third-order valence-corrected chi connectivity index (χ3v) is 4.13. The summed E-state index contributed by atoms with van der Waals surface area (Å²) < 4.78 is 5.42. The summed E-state index contributed by atoms with van der Waals surface area (Å²) in [5.74, 6) is 6.72. The molecule has 2 aromatic carbocycles. The molecule has 0 aliphatic rings. The lowest BCUT2D eigenvalue weighted by molar-refractivity contribution is 0.410. The van der Waals surface area contributed by atoms with Crippen LogP contribution in [0.4, 0.5) is 0 Å². The lowest BCUT2D eigenvalue weighted by Crippen LogP contribution is -2.29. The number of hydrogen-bond donors (Lipinski definition) is 2. The first-order valence-corrected chi connectivity index (χ1v) is 7.16. The molecule has 0 spiro atoms. The van der Waals surface area contributed by atoms with Crippen molar-refractivity contribution >= 4 is 0 Å². The van der Waals surface area contributed by atoms with E-state index >= 15 is 0 Å². The van der Waals surface area contributed by atoms with Gasteiger partial charge in [-0.1, -0.05) is 24.3 Å². The molecule has 3 heteroatoms. The fourth-order valence-corrected chi connectivity index (χ4v) is 2.68. The van der Waals surface area contributed by atoms with Gasteiger partial charge in [0.1, 0.15) is 5.75 Å². The van der Waals surface area contributed by atoms with Crippen molar-refractivity contribution in [2.45, 2.75) is 33.7 Å². The van der Waals surface area contributed by atoms with Crippen LogP contribution in [0.25, 0.3) is 0 Å². The predicted octanol–water partition coefficient (Wildman–Crippen LogP) is 3.48. The van der Waals surface area contributed by atoms with Gasteiger partial charge in [-0.15, -0.1) is 0 Å². The van der Waals surface area contributed by atoms with Gasteiger partial charge in [-0.3, -0.25) is 5.84 Å². The standard InChI is InChI=1S/C18H24N2O/c1-11-6-7-15(10-17(11)21-5)18(20-19)16-9-13(3)12(2)8-14(16)4/h6-10,18,20H,19H2,1-5H3. The maximum atomic E-state index is 5.83. The second kappa shape index (κ2) is 6.29. The second-order valence-corrected chi connectivity index (χ2v) is 5.62. The molecule has 0 fully saturated rings. The van der Waals surface area contributed by atoms with Gasteiger partial charge in [0, 0.05) is 0 Å². The Bertz CT molecular complexity index is 650. The minimum absolute atomic E-state index is 0.0428. The molecule has 0 aromatic heterocycles. The molecule has 0 saturated heterocycles. The highest BCUT2D eigenvalue weighted by atomic mass is 16.5. The molecule has 3 nitrogen and oxygen atoms in total. The van der Waals surface area contributed by atoms with Crippen LogP contribution in [-0.4, -0.2) is 7.11 Å². The van der Waals surface area contributed by atoms with Crippen molar-refractivity contribution in [3.05, 3.63) is 63.7 Å². The quantitative estimate of drug-likeness (QED) is 0.667. The molecule has 21 heavy (non-hydrogen) atoms. The predicted molar refractivity (Wildman–Crippen MR) is 87.6 cm³/mol. The maximum absolute atomic E-state index is 5.83. The van der Waals surface area contributed by atoms with Crippen LogP contribution in [0.3, 0.4) is 0 Å². The second-order valence-electron chi connectivity index (χ2n) is 5.62. The minimum atomic E-state index is -0.0428. The highest BCUT2D eigenvalue weighted by Gasteiger charge is 2.17. The summed E-state index contributed by atoms with van der Waals surface area (Å²) >= 11 is 0. The van der Waals surface area contributed by atoms with Gasteiger partial charge in [-0.25, -0.2) is 5.43 Å². The fourth-order valence-electron chi connectivity index (χ4n) is 2.68. The van der Waals surface area contributed by atoms with Gasteiger partial charge in [-0.05, 0) is 67.1 Å². The van der Waals surface area contributed by atoms with Crippen molar-refractivity contribution in [2.75, 3.05) is 7.11 Å². The molecule has 0 radical (unpaired) electrons. The molecule has 0 aliphatic heterocycles. The van der Waals surface area contributed by atoms with Crippen LogP contribution in [0.2, 0.25) is 0 Å². The Balaban J connectivity index is 2.52. The molecule has 0 bridgehead atoms. The van der Waals surface area contributed by atoms with Crippen molar-refractivity contribution in [3.8, 4) is 5.75 Å². The summed E-state index contributed by atoms with van der Waals surface area (Å²) in [5.41, 5.74) is 10.2. The van der Waals surface area contributed by atoms with Crippen LogP contribution in [0, 0.1) is 27.7 Å². The summed E-state index contributed by atoms with van der Waals surface area (Å²) in [6.07, 6.45) is 0. The first-order chi connectivity index (χ1) is 9.97. The highest BCUT2D eigenvalue weighted by molar-refractivity contribution is 5.45. The van der Waals surface area contributed by atoms with Crippen molar-refractivity contribution in [2.24, 2.45) is 5.84 Å². The van der Waals surface area contributed by atoms with Crippen LogP contribution < -0.4 is 16.0 Å². The lowest BCUT2D eigenvalue weighted by Gasteiger charge is -2.21. The van der Waals surface area contributed by atoms with E-state index in [4.69, 9.17) is 10.6 Å². The van der Waals surface area contributed by atoms with E-state index in [0.717, 1.165) is 16.9 Å². The number of rotatable bonds is 4. The number of hydrogen-bond acceptors (Lipinski definition) is 3. The number of methoxy groups -OCH3 is 1. The molecule has 0 amide bonds. The number of benzene rings is 2. The van der Waals surface area contributed by atoms with Crippen LogP contribution in [0.15, 0.2) is 30.3 Å². The van der Waals surface area contributed by atoms with Crippen molar-refractivity contribution in [1.82, 2.24) is 5.43 Å². The highest BCUT2D eigenvalue weighted by Crippen LogP contribution is 2.30. The van der Waals surface area contributed by atoms with Gasteiger partial charge in [0.05, 0.1) is 13.2 Å². The number of ether oxygens (including phenoxy) is 1. The Morgan fingerprint density at radius 1 is 0.905 bits per heavy atom. The average Bonchev–Trinajstić information content (AvgIpc) is 2.46. The molecule has 2 rings (SSSR count). The minimum Gasteiger partial charge on any atom is -0.496 e. The van der Waals surface area contributed by atoms with Crippen molar-refractivity contribution < 1.29 is 4.74 Å². The third kappa shape index (κ3) is 3.09. The Hall–Kier alpha value is -1.84. The molecular weight excluding hydrogens is 260 g/mol. The van der Waals surface area contributed by atoms with E-state index in [-0.39, 0.29) is 6.04 Å². The van der Waals surface area contributed by atoms with Crippen LogP contribution >= 0.6 is 0 Å². The SMILES string of the molecule is COc1cc(C(NN)c2cc(C)c(C)cc2C)ccc1C. The van der Waals surface area contributed by atoms with Crippen LogP contribution in [0.1, 0.15) is 39.4 Å². The lowest BCUT2D eigenvalue weighted by atomic mass is 9.91. The Morgan fingerprint density at radius 3 is 2.19 bits per heavy atom. The molecule has 0 saturated carbocycles. The number of nitrogens with one attached hydrogen (secondary N) is 1. The molecular formula is C18H24N2O. The van der Waals surface area contributed by atoms with Gasteiger partial charge < -0.3 is 4.74 Å². The first-order valence-electron chi connectivity index (χ1n) is 7.16. The van der Waals surface area contributed by atoms with E-state index < -0.39 is 0 Å². The first kappa shape index (κ1) is 15.5. The van der Waals surface area contributed by atoms with E-state index in [9.17, 15) is 0 Å². The van der Waals surface area contributed by atoms with E-state index in [2.05, 4.69) is 56.5 Å². The molecule has 0 aliphatic carbocycles. The molecule has 1 atom stereocenters. The van der Waals surface area contributed by atoms with Gasteiger partial charge in [-0.2, -0.15) is 0 Å². The number of nitrogens with two attached hydrogens (primary N) is 1. The zero-order valence-corrected chi connectivity index (χ0v) is 13.4. The van der Waals surface area contributed by atoms with Crippen molar-refractivity contribution in [1.29, 1.82) is 0 Å². The molecule has 1 unspecified atom stereocenters. The number of aryl methyl sites for hydroxylation is 4. The van der Waals surface area contributed by atoms with E-state index in [0.29, 0.717) is 0 Å². The fraction of sp³-hybridized carbons (Fsp3) is 0.333. The van der Waals surface area contributed by atoms with Gasteiger partial charge in [0.25, 0.3) is 0 Å². The summed E-state index contributed by atoms with van der Waals surface area (Å²) in [6, 6.07) is 10.6. The van der Waals surface area contributed by atoms with E-state index in [1.54, 1.807) is 7.11 Å². The average molecular weight is 284 g/mol. The molecule has 3 N–H and O–H groups in total. The van der Waals surface area contributed by atoms with Crippen LogP contribution in [0.5, 0.6) is 5.75 Å². The maximum Gasteiger partial charge on any atom is 0.122 e. The molecule has 112 valence electrons. The van der Waals surface area contributed by atoms with E-state index in [1.807, 2.05) is 6.92 Å². The Labute approximate surface area is 127 Å². The largest absolute Gasteiger partial charge is 0.496 e.